The van der Waals surface area contributed by atoms with Gasteiger partial charge in [-0.3, -0.25) is 4.79 Å². The molecule has 1 aromatic carbocycles. The lowest BCUT2D eigenvalue weighted by molar-refractivity contribution is -0.145. The summed E-state index contributed by atoms with van der Waals surface area (Å²) in [5.74, 6) is 0.656. The summed E-state index contributed by atoms with van der Waals surface area (Å²) in [5.41, 5.74) is 1.28. The van der Waals surface area contributed by atoms with E-state index in [1.54, 1.807) is 0 Å². The third-order valence-corrected chi connectivity index (χ3v) is 4.21. The highest BCUT2D eigenvalue weighted by atomic mass is 16.5. The fraction of sp³-hybridized carbons (Fsp3) is 0.562. The van der Waals surface area contributed by atoms with Crippen LogP contribution in [0.25, 0.3) is 0 Å². The molecular formula is C16H21NO2. The molecule has 1 amide bonds. The number of hydrogen-bond donors (Lipinski definition) is 0. The van der Waals surface area contributed by atoms with Gasteiger partial charge in [0.2, 0.25) is 5.91 Å². The molecule has 1 aliphatic heterocycles. The van der Waals surface area contributed by atoms with Crippen molar-refractivity contribution < 1.29 is 9.53 Å². The minimum absolute atomic E-state index is 0.153. The van der Waals surface area contributed by atoms with Crippen molar-refractivity contribution >= 4 is 5.91 Å². The third-order valence-electron chi connectivity index (χ3n) is 4.21. The molecule has 1 unspecified atom stereocenters. The first-order valence-electron chi connectivity index (χ1n) is 7.27. The van der Waals surface area contributed by atoms with Gasteiger partial charge in [0, 0.05) is 25.4 Å². The fourth-order valence-electron chi connectivity index (χ4n) is 2.83. The molecule has 0 spiro atoms. The lowest BCUT2D eigenvalue weighted by Gasteiger charge is -2.37. The lowest BCUT2D eigenvalue weighted by Crippen LogP contribution is -2.49. The first-order chi connectivity index (χ1) is 9.33. The molecule has 1 aromatic rings. The number of amides is 1. The van der Waals surface area contributed by atoms with Crippen LogP contribution >= 0.6 is 0 Å². The SMILES string of the molecule is O=C(C1CCC1)N1CCOC(Cc2ccccc2)C1. The van der Waals surface area contributed by atoms with Crippen molar-refractivity contribution in [1.29, 1.82) is 0 Å². The van der Waals surface area contributed by atoms with Crippen molar-refractivity contribution in [3.63, 3.8) is 0 Å². The summed E-state index contributed by atoms with van der Waals surface area (Å²) < 4.78 is 5.80. The predicted molar refractivity (Wildman–Crippen MR) is 73.8 cm³/mol. The maximum atomic E-state index is 12.2. The van der Waals surface area contributed by atoms with Gasteiger partial charge in [0.15, 0.2) is 0 Å². The van der Waals surface area contributed by atoms with E-state index in [-0.39, 0.29) is 6.10 Å². The normalized spacial score (nSPS) is 24.0. The summed E-state index contributed by atoms with van der Waals surface area (Å²) in [4.78, 5) is 14.3. The summed E-state index contributed by atoms with van der Waals surface area (Å²) in [7, 11) is 0. The number of carbonyl (C=O) groups is 1. The van der Waals surface area contributed by atoms with E-state index < -0.39 is 0 Å². The first kappa shape index (κ1) is 12.7. The molecule has 3 rings (SSSR count). The topological polar surface area (TPSA) is 29.5 Å². The maximum Gasteiger partial charge on any atom is 0.225 e. The van der Waals surface area contributed by atoms with Gasteiger partial charge in [0.25, 0.3) is 0 Å². The summed E-state index contributed by atoms with van der Waals surface area (Å²) in [6.07, 6.45) is 4.43. The van der Waals surface area contributed by atoms with Crippen LogP contribution in [-0.4, -0.2) is 36.6 Å². The largest absolute Gasteiger partial charge is 0.374 e. The molecule has 2 fully saturated rings. The van der Waals surface area contributed by atoms with Crippen molar-refractivity contribution in [3.8, 4) is 0 Å². The average Bonchev–Trinajstić information content (AvgIpc) is 2.38. The van der Waals surface area contributed by atoms with Gasteiger partial charge in [0.1, 0.15) is 0 Å². The zero-order valence-electron chi connectivity index (χ0n) is 11.3. The van der Waals surface area contributed by atoms with E-state index >= 15 is 0 Å². The van der Waals surface area contributed by atoms with E-state index in [9.17, 15) is 4.79 Å². The van der Waals surface area contributed by atoms with E-state index in [0.29, 0.717) is 18.4 Å². The van der Waals surface area contributed by atoms with Gasteiger partial charge in [-0.2, -0.15) is 0 Å². The van der Waals surface area contributed by atoms with Gasteiger partial charge in [-0.15, -0.1) is 0 Å². The van der Waals surface area contributed by atoms with Crippen LogP contribution in [0.4, 0.5) is 0 Å². The molecule has 0 radical (unpaired) electrons. The standard InChI is InChI=1S/C16H21NO2/c18-16(14-7-4-8-14)17-9-10-19-15(12-17)11-13-5-2-1-3-6-13/h1-3,5-6,14-15H,4,7-12H2. The van der Waals surface area contributed by atoms with Crippen molar-refractivity contribution in [2.75, 3.05) is 19.7 Å². The Morgan fingerprint density at radius 1 is 1.26 bits per heavy atom. The molecule has 1 aliphatic carbocycles. The van der Waals surface area contributed by atoms with E-state index in [1.807, 2.05) is 11.0 Å². The first-order valence-corrected chi connectivity index (χ1v) is 7.27. The molecule has 1 saturated carbocycles. The molecule has 0 aromatic heterocycles. The maximum absolute atomic E-state index is 12.2. The van der Waals surface area contributed by atoms with E-state index in [2.05, 4.69) is 24.3 Å². The number of hydrogen-bond acceptors (Lipinski definition) is 2. The smallest absolute Gasteiger partial charge is 0.225 e. The fourth-order valence-corrected chi connectivity index (χ4v) is 2.83. The van der Waals surface area contributed by atoms with Crippen LogP contribution in [-0.2, 0) is 16.0 Å². The van der Waals surface area contributed by atoms with Gasteiger partial charge in [0.05, 0.1) is 12.7 Å². The molecule has 0 N–H and O–H groups in total. The highest BCUT2D eigenvalue weighted by Crippen LogP contribution is 2.29. The van der Waals surface area contributed by atoms with Crippen LogP contribution in [0.5, 0.6) is 0 Å². The van der Waals surface area contributed by atoms with Crippen molar-refractivity contribution in [3.05, 3.63) is 35.9 Å². The summed E-state index contributed by atoms with van der Waals surface area (Å²) >= 11 is 0. The van der Waals surface area contributed by atoms with Crippen LogP contribution in [0.3, 0.4) is 0 Å². The second kappa shape index (κ2) is 5.74. The highest BCUT2D eigenvalue weighted by Gasteiger charge is 2.32. The molecule has 102 valence electrons. The monoisotopic (exact) mass is 259 g/mol. The number of morpholine rings is 1. The van der Waals surface area contributed by atoms with E-state index in [0.717, 1.165) is 32.4 Å². The molecule has 1 saturated heterocycles. The van der Waals surface area contributed by atoms with Crippen LogP contribution < -0.4 is 0 Å². The molecule has 19 heavy (non-hydrogen) atoms. The number of benzene rings is 1. The molecular weight excluding hydrogens is 238 g/mol. The molecule has 1 atom stereocenters. The van der Waals surface area contributed by atoms with Gasteiger partial charge in [-0.25, -0.2) is 0 Å². The van der Waals surface area contributed by atoms with Crippen molar-refractivity contribution in [2.24, 2.45) is 5.92 Å². The van der Waals surface area contributed by atoms with Gasteiger partial charge >= 0.3 is 0 Å². The van der Waals surface area contributed by atoms with Crippen LogP contribution in [0.1, 0.15) is 24.8 Å². The van der Waals surface area contributed by atoms with Gasteiger partial charge in [-0.1, -0.05) is 36.8 Å². The Kier molecular flexibility index (Phi) is 3.83. The minimum atomic E-state index is 0.153. The third kappa shape index (κ3) is 2.98. The van der Waals surface area contributed by atoms with Gasteiger partial charge in [-0.05, 0) is 18.4 Å². The number of carbonyl (C=O) groups excluding carboxylic acids is 1. The second-order valence-corrected chi connectivity index (χ2v) is 5.59. The van der Waals surface area contributed by atoms with Crippen LogP contribution in [0.15, 0.2) is 30.3 Å². The predicted octanol–water partition coefficient (Wildman–Crippen LogP) is 2.26. The summed E-state index contributed by atoms with van der Waals surface area (Å²) in [6, 6.07) is 10.4. The van der Waals surface area contributed by atoms with Gasteiger partial charge < -0.3 is 9.64 Å². The Morgan fingerprint density at radius 2 is 2.05 bits per heavy atom. The van der Waals surface area contributed by atoms with E-state index in [1.165, 1.54) is 12.0 Å². The highest BCUT2D eigenvalue weighted by molar-refractivity contribution is 5.79. The zero-order valence-corrected chi connectivity index (χ0v) is 11.3. The number of rotatable bonds is 3. The van der Waals surface area contributed by atoms with E-state index in [4.69, 9.17) is 4.74 Å². The zero-order chi connectivity index (χ0) is 13.1. The lowest BCUT2D eigenvalue weighted by atomic mass is 9.84. The van der Waals surface area contributed by atoms with Crippen LogP contribution in [0, 0.1) is 5.92 Å². The molecule has 3 heteroatoms. The average molecular weight is 259 g/mol. The summed E-state index contributed by atoms with van der Waals surface area (Å²) in [5, 5.41) is 0. The molecule has 0 bridgehead atoms. The minimum Gasteiger partial charge on any atom is -0.374 e. The number of ether oxygens (including phenoxy) is 1. The molecule has 3 nitrogen and oxygen atoms in total. The van der Waals surface area contributed by atoms with Crippen molar-refractivity contribution in [2.45, 2.75) is 31.8 Å². The molecule has 2 aliphatic rings. The Bertz CT molecular complexity index is 428. The Hall–Kier alpha value is -1.35. The van der Waals surface area contributed by atoms with Crippen molar-refractivity contribution in [1.82, 2.24) is 4.90 Å². The van der Waals surface area contributed by atoms with Crippen LogP contribution in [0.2, 0.25) is 0 Å². The second-order valence-electron chi connectivity index (χ2n) is 5.59. The Morgan fingerprint density at radius 3 is 2.74 bits per heavy atom. The quantitative estimate of drug-likeness (QED) is 0.833. The Labute approximate surface area is 114 Å². The summed E-state index contributed by atoms with van der Waals surface area (Å²) in [6.45, 7) is 2.20. The molecule has 1 heterocycles. The number of nitrogens with zero attached hydrogens (tertiary/aromatic N) is 1. The Balaban J connectivity index is 1.57.